The van der Waals surface area contributed by atoms with Gasteiger partial charge in [0.25, 0.3) is 0 Å². The largest absolute Gasteiger partial charge is 0.381 e. The molecule has 3 heterocycles. The van der Waals surface area contributed by atoms with Gasteiger partial charge in [-0.15, -0.1) is 15.0 Å². The van der Waals surface area contributed by atoms with E-state index in [9.17, 15) is 14.3 Å². The van der Waals surface area contributed by atoms with Crippen LogP contribution in [0, 0.1) is 5.82 Å². The van der Waals surface area contributed by atoms with Gasteiger partial charge in [-0.1, -0.05) is 18.2 Å². The first-order chi connectivity index (χ1) is 16.5. The number of rotatable bonds is 7. The number of aliphatic hydroxyl groups is 1. The Morgan fingerprint density at radius 2 is 1.79 bits per heavy atom. The monoisotopic (exact) mass is 461 g/mol. The summed E-state index contributed by atoms with van der Waals surface area (Å²) in [6.45, 7) is 1.56. The molecule has 0 aliphatic carbocycles. The molecule has 2 atom stereocenters. The Hall–Kier alpha value is -4.45. The number of tetrazole rings is 1. The van der Waals surface area contributed by atoms with Crippen LogP contribution in [0.2, 0.25) is 0 Å². The third-order valence-corrected chi connectivity index (χ3v) is 5.83. The molecule has 0 bridgehead atoms. The van der Waals surface area contributed by atoms with E-state index in [4.69, 9.17) is 0 Å². The molecule has 0 aliphatic rings. The average molecular weight is 461 g/mol. The standard InChI is InChI=1S/C22H20FN9O2/c1-16(22(34,12-29-15-24-13-26-29)19-4-2-3-5-20(19)23)30-10-11-31(21(30)33)17-6-8-18(9-7-17)32-27-14-25-28-32/h2-11,13-16,34H,12H2,1H3/t16-,22-/m1/s1. The van der Waals surface area contributed by atoms with Gasteiger partial charge in [0, 0.05) is 18.0 Å². The Labute approximate surface area is 192 Å². The van der Waals surface area contributed by atoms with Crippen LogP contribution in [0.15, 0.2) is 84.7 Å². The molecule has 2 aromatic carbocycles. The molecule has 0 radical (unpaired) electrons. The van der Waals surface area contributed by atoms with Crippen molar-refractivity contribution < 1.29 is 9.50 Å². The van der Waals surface area contributed by atoms with Crippen molar-refractivity contribution in [2.75, 3.05) is 0 Å². The van der Waals surface area contributed by atoms with E-state index in [2.05, 4.69) is 25.5 Å². The zero-order valence-corrected chi connectivity index (χ0v) is 18.0. The molecular formula is C22H20FN9O2. The lowest BCUT2D eigenvalue weighted by atomic mass is 9.86. The summed E-state index contributed by atoms with van der Waals surface area (Å²) in [6.07, 6.45) is 7.24. The lowest BCUT2D eigenvalue weighted by molar-refractivity contribution is -0.0341. The SMILES string of the molecule is C[C@@H](n1ccn(-c2ccc(-n3ncnn3)cc2)c1=O)[C@](O)(Cn1cncn1)c1ccccc1F. The molecule has 1 N–H and O–H groups in total. The van der Waals surface area contributed by atoms with Crippen LogP contribution in [0.5, 0.6) is 0 Å². The summed E-state index contributed by atoms with van der Waals surface area (Å²) in [6, 6.07) is 12.1. The number of aromatic nitrogens is 9. The minimum absolute atomic E-state index is 0.0577. The smallest absolute Gasteiger partial charge is 0.333 e. The first-order valence-electron chi connectivity index (χ1n) is 10.4. The molecule has 34 heavy (non-hydrogen) atoms. The fourth-order valence-corrected chi connectivity index (χ4v) is 3.96. The molecule has 5 aromatic rings. The lowest BCUT2D eigenvalue weighted by Gasteiger charge is -2.35. The second-order valence-electron chi connectivity index (χ2n) is 7.77. The van der Waals surface area contributed by atoms with Crippen molar-refractivity contribution in [3.8, 4) is 11.4 Å². The van der Waals surface area contributed by atoms with Crippen LogP contribution in [0.3, 0.4) is 0 Å². The summed E-state index contributed by atoms with van der Waals surface area (Å²) in [5, 5.41) is 27.3. The summed E-state index contributed by atoms with van der Waals surface area (Å²) in [5.41, 5.74) is -0.846. The normalized spacial score (nSPS) is 14.1. The molecular weight excluding hydrogens is 441 g/mol. The quantitative estimate of drug-likeness (QED) is 0.390. The van der Waals surface area contributed by atoms with E-state index >= 15 is 0 Å². The third-order valence-electron chi connectivity index (χ3n) is 5.83. The Balaban J connectivity index is 1.52. The van der Waals surface area contributed by atoms with Crippen molar-refractivity contribution >= 4 is 0 Å². The summed E-state index contributed by atoms with van der Waals surface area (Å²) in [7, 11) is 0. The number of hydrogen-bond donors (Lipinski definition) is 1. The lowest BCUT2D eigenvalue weighted by Crippen LogP contribution is -2.43. The van der Waals surface area contributed by atoms with Gasteiger partial charge >= 0.3 is 5.69 Å². The first kappa shape index (κ1) is 21.4. The molecule has 0 unspecified atom stereocenters. The van der Waals surface area contributed by atoms with E-state index in [1.807, 2.05) is 0 Å². The fraction of sp³-hybridized carbons (Fsp3) is 0.182. The van der Waals surface area contributed by atoms with Gasteiger partial charge in [-0.2, -0.15) is 5.10 Å². The molecule has 0 saturated heterocycles. The molecule has 11 nitrogen and oxygen atoms in total. The Morgan fingerprint density at radius 3 is 2.47 bits per heavy atom. The molecule has 3 aromatic heterocycles. The highest BCUT2D eigenvalue weighted by atomic mass is 19.1. The predicted molar refractivity (Wildman–Crippen MR) is 118 cm³/mol. The highest BCUT2D eigenvalue weighted by molar-refractivity contribution is 5.40. The maximum atomic E-state index is 14.8. The van der Waals surface area contributed by atoms with E-state index in [-0.39, 0.29) is 12.1 Å². The Bertz CT molecular complexity index is 1440. The third kappa shape index (κ3) is 3.69. The molecule has 0 amide bonds. The molecule has 172 valence electrons. The number of hydrogen-bond acceptors (Lipinski definition) is 7. The second-order valence-corrected chi connectivity index (χ2v) is 7.77. The minimum atomic E-state index is -1.79. The molecule has 0 fully saturated rings. The fourth-order valence-electron chi connectivity index (χ4n) is 3.96. The van der Waals surface area contributed by atoms with E-state index < -0.39 is 23.1 Å². The van der Waals surface area contributed by atoms with Crippen LogP contribution in [-0.2, 0) is 12.1 Å². The highest BCUT2D eigenvalue weighted by Gasteiger charge is 2.40. The van der Waals surface area contributed by atoms with Crippen molar-refractivity contribution in [2.45, 2.75) is 25.1 Å². The molecule has 12 heteroatoms. The number of nitrogens with zero attached hydrogens (tertiary/aromatic N) is 9. The van der Waals surface area contributed by atoms with Crippen molar-refractivity contribution in [3.63, 3.8) is 0 Å². The predicted octanol–water partition coefficient (Wildman–Crippen LogP) is 1.49. The maximum absolute atomic E-state index is 14.8. The van der Waals surface area contributed by atoms with E-state index in [0.29, 0.717) is 11.4 Å². The Morgan fingerprint density at radius 1 is 1.03 bits per heavy atom. The number of halogens is 1. The van der Waals surface area contributed by atoms with Crippen LogP contribution in [0.4, 0.5) is 4.39 Å². The summed E-state index contributed by atoms with van der Waals surface area (Å²) < 4.78 is 19.0. The van der Waals surface area contributed by atoms with Gasteiger partial charge in [0.2, 0.25) is 0 Å². The average Bonchev–Trinajstić information content (AvgIpc) is 3.62. The number of benzene rings is 2. The zero-order valence-electron chi connectivity index (χ0n) is 18.0. The molecule has 5 rings (SSSR count). The van der Waals surface area contributed by atoms with E-state index in [1.165, 1.54) is 49.7 Å². The highest BCUT2D eigenvalue weighted by Crippen LogP contribution is 2.35. The van der Waals surface area contributed by atoms with Gasteiger partial charge in [0.05, 0.1) is 24.0 Å². The van der Waals surface area contributed by atoms with Crippen LogP contribution < -0.4 is 5.69 Å². The van der Waals surface area contributed by atoms with Crippen molar-refractivity contribution in [2.24, 2.45) is 0 Å². The van der Waals surface area contributed by atoms with Gasteiger partial charge < -0.3 is 5.11 Å². The summed E-state index contributed by atoms with van der Waals surface area (Å²) in [5.74, 6) is -0.582. The summed E-state index contributed by atoms with van der Waals surface area (Å²) >= 11 is 0. The van der Waals surface area contributed by atoms with Crippen LogP contribution in [0.25, 0.3) is 11.4 Å². The van der Waals surface area contributed by atoms with Crippen LogP contribution in [0.1, 0.15) is 18.5 Å². The second kappa shape index (κ2) is 8.48. The first-order valence-corrected chi connectivity index (χ1v) is 10.4. The van der Waals surface area contributed by atoms with Crippen molar-refractivity contribution in [1.29, 1.82) is 0 Å². The van der Waals surface area contributed by atoms with Crippen molar-refractivity contribution in [1.82, 2.24) is 44.1 Å². The van der Waals surface area contributed by atoms with Crippen LogP contribution in [-0.4, -0.2) is 49.2 Å². The van der Waals surface area contributed by atoms with Gasteiger partial charge in [-0.05, 0) is 42.5 Å². The minimum Gasteiger partial charge on any atom is -0.381 e. The number of imidazole rings is 1. The zero-order chi connectivity index (χ0) is 23.7. The van der Waals surface area contributed by atoms with Gasteiger partial charge in [0.15, 0.2) is 6.33 Å². The van der Waals surface area contributed by atoms with Gasteiger partial charge in [-0.3, -0.25) is 9.13 Å². The van der Waals surface area contributed by atoms with Gasteiger partial charge in [-0.25, -0.2) is 18.9 Å². The van der Waals surface area contributed by atoms with E-state index in [0.717, 1.165) is 0 Å². The topological polar surface area (TPSA) is 121 Å². The Kier molecular flexibility index (Phi) is 5.34. The van der Waals surface area contributed by atoms with Crippen LogP contribution >= 0.6 is 0 Å². The van der Waals surface area contributed by atoms with E-state index in [1.54, 1.807) is 55.7 Å². The maximum Gasteiger partial charge on any atom is 0.333 e. The van der Waals surface area contributed by atoms with Crippen molar-refractivity contribution in [3.05, 3.63) is 102 Å². The van der Waals surface area contributed by atoms with Gasteiger partial charge in [0.1, 0.15) is 24.1 Å². The molecule has 0 saturated carbocycles. The summed E-state index contributed by atoms with van der Waals surface area (Å²) in [4.78, 5) is 18.6. The molecule has 0 aliphatic heterocycles. The molecule has 0 spiro atoms.